The van der Waals surface area contributed by atoms with Gasteiger partial charge in [-0.2, -0.15) is 4.39 Å². The Morgan fingerprint density at radius 3 is 2.85 bits per heavy atom. The van der Waals surface area contributed by atoms with Crippen molar-refractivity contribution in [2.24, 2.45) is 0 Å². The molecule has 0 aromatic carbocycles. The summed E-state index contributed by atoms with van der Waals surface area (Å²) < 4.78 is 12.6. The van der Waals surface area contributed by atoms with Gasteiger partial charge in [-0.3, -0.25) is 0 Å². The zero-order valence-electron chi connectivity index (χ0n) is 6.94. The highest BCUT2D eigenvalue weighted by molar-refractivity contribution is 5.34. The summed E-state index contributed by atoms with van der Waals surface area (Å²) in [5, 5.41) is 12.0. The standard InChI is InChI=1S/C8H10FN3O/c9-7-3-8(11-4-10-7)12-5-1-6(13)2-5/h3-6,13H,1-2H2,(H,10,11,12). The number of hydrogen-bond acceptors (Lipinski definition) is 4. The van der Waals surface area contributed by atoms with Crippen LogP contribution >= 0.6 is 0 Å². The van der Waals surface area contributed by atoms with Crippen molar-refractivity contribution in [1.29, 1.82) is 0 Å². The average molecular weight is 183 g/mol. The van der Waals surface area contributed by atoms with Gasteiger partial charge in [-0.15, -0.1) is 0 Å². The van der Waals surface area contributed by atoms with Gasteiger partial charge in [0.05, 0.1) is 6.10 Å². The van der Waals surface area contributed by atoms with E-state index in [1.165, 1.54) is 12.4 Å². The summed E-state index contributed by atoms with van der Waals surface area (Å²) in [6.45, 7) is 0. The van der Waals surface area contributed by atoms with Crippen molar-refractivity contribution in [1.82, 2.24) is 9.97 Å². The lowest BCUT2D eigenvalue weighted by Gasteiger charge is -2.32. The average Bonchev–Trinajstić information content (AvgIpc) is 2.01. The van der Waals surface area contributed by atoms with Crippen LogP contribution in [0.3, 0.4) is 0 Å². The zero-order chi connectivity index (χ0) is 9.26. The molecule has 0 aliphatic heterocycles. The van der Waals surface area contributed by atoms with Crippen LogP contribution in [0.1, 0.15) is 12.8 Å². The van der Waals surface area contributed by atoms with Crippen LogP contribution in [0.15, 0.2) is 12.4 Å². The van der Waals surface area contributed by atoms with E-state index >= 15 is 0 Å². The lowest BCUT2D eigenvalue weighted by Crippen LogP contribution is -2.39. The van der Waals surface area contributed by atoms with Gasteiger partial charge in [-0.25, -0.2) is 9.97 Å². The Bertz CT molecular complexity index is 301. The molecule has 1 aliphatic rings. The number of aromatic nitrogens is 2. The molecule has 0 atom stereocenters. The highest BCUT2D eigenvalue weighted by atomic mass is 19.1. The number of nitrogens with zero attached hydrogens (tertiary/aromatic N) is 2. The maximum absolute atomic E-state index is 12.6. The van der Waals surface area contributed by atoms with Gasteiger partial charge in [0.1, 0.15) is 12.1 Å². The number of nitrogens with one attached hydrogen (secondary N) is 1. The second-order valence-corrected chi connectivity index (χ2v) is 3.19. The molecule has 1 heterocycles. The number of rotatable bonds is 2. The van der Waals surface area contributed by atoms with Crippen LogP contribution in [0.5, 0.6) is 0 Å². The number of aliphatic hydroxyl groups is 1. The summed E-state index contributed by atoms with van der Waals surface area (Å²) in [6, 6.07) is 1.45. The minimum absolute atomic E-state index is 0.212. The largest absolute Gasteiger partial charge is 0.393 e. The van der Waals surface area contributed by atoms with Crippen molar-refractivity contribution >= 4 is 5.82 Å². The molecule has 2 N–H and O–H groups in total. The van der Waals surface area contributed by atoms with E-state index in [1.54, 1.807) is 0 Å². The van der Waals surface area contributed by atoms with Crippen LogP contribution in [0.4, 0.5) is 10.2 Å². The minimum Gasteiger partial charge on any atom is -0.393 e. The summed E-state index contributed by atoms with van der Waals surface area (Å²) in [5.41, 5.74) is 0. The smallest absolute Gasteiger partial charge is 0.217 e. The number of hydrogen-bond donors (Lipinski definition) is 2. The summed E-state index contributed by atoms with van der Waals surface area (Å²) in [7, 11) is 0. The molecule has 0 saturated heterocycles. The van der Waals surface area contributed by atoms with E-state index in [1.807, 2.05) is 0 Å². The Hall–Kier alpha value is -1.23. The van der Waals surface area contributed by atoms with Crippen molar-refractivity contribution < 1.29 is 9.50 Å². The zero-order valence-corrected chi connectivity index (χ0v) is 6.94. The van der Waals surface area contributed by atoms with E-state index in [4.69, 9.17) is 5.11 Å². The topological polar surface area (TPSA) is 58.0 Å². The van der Waals surface area contributed by atoms with E-state index in [9.17, 15) is 4.39 Å². The summed E-state index contributed by atoms with van der Waals surface area (Å²) in [5.74, 6) is -0.0678. The molecule has 2 rings (SSSR count). The van der Waals surface area contributed by atoms with Crippen LogP contribution in [0, 0.1) is 5.95 Å². The SMILES string of the molecule is OC1CC(Nc2cc(F)ncn2)C1. The second kappa shape index (κ2) is 3.26. The molecule has 0 unspecified atom stereocenters. The molecule has 1 aliphatic carbocycles. The van der Waals surface area contributed by atoms with Gasteiger partial charge in [0.25, 0.3) is 0 Å². The molecule has 1 fully saturated rings. The first kappa shape index (κ1) is 8.37. The highest BCUT2D eigenvalue weighted by Gasteiger charge is 2.27. The fourth-order valence-electron chi connectivity index (χ4n) is 1.33. The normalized spacial score (nSPS) is 26.6. The van der Waals surface area contributed by atoms with E-state index in [0.717, 1.165) is 0 Å². The van der Waals surface area contributed by atoms with Gasteiger partial charge in [-0.1, -0.05) is 0 Å². The Balaban J connectivity index is 1.94. The molecule has 0 bridgehead atoms. The third-order valence-electron chi connectivity index (χ3n) is 2.10. The molecular formula is C8H10FN3O. The summed E-state index contributed by atoms with van der Waals surface area (Å²) in [4.78, 5) is 7.18. The van der Waals surface area contributed by atoms with Crippen LogP contribution in [0.2, 0.25) is 0 Å². The lowest BCUT2D eigenvalue weighted by molar-refractivity contribution is 0.0835. The van der Waals surface area contributed by atoms with Crippen LogP contribution in [0.25, 0.3) is 0 Å². The van der Waals surface area contributed by atoms with Crippen LogP contribution in [-0.4, -0.2) is 27.2 Å². The molecule has 70 valence electrons. The van der Waals surface area contributed by atoms with Crippen molar-refractivity contribution in [3.05, 3.63) is 18.3 Å². The van der Waals surface area contributed by atoms with Crippen molar-refractivity contribution in [2.75, 3.05) is 5.32 Å². The fraction of sp³-hybridized carbons (Fsp3) is 0.500. The summed E-state index contributed by atoms with van der Waals surface area (Å²) >= 11 is 0. The first-order valence-corrected chi connectivity index (χ1v) is 4.16. The Labute approximate surface area is 74.8 Å². The Morgan fingerprint density at radius 2 is 2.23 bits per heavy atom. The number of aliphatic hydroxyl groups excluding tert-OH is 1. The third kappa shape index (κ3) is 1.92. The molecule has 1 aromatic rings. The van der Waals surface area contributed by atoms with E-state index in [0.29, 0.717) is 18.7 Å². The van der Waals surface area contributed by atoms with Crippen LogP contribution < -0.4 is 5.32 Å². The maximum atomic E-state index is 12.6. The second-order valence-electron chi connectivity index (χ2n) is 3.19. The van der Waals surface area contributed by atoms with Gasteiger partial charge >= 0.3 is 0 Å². The molecule has 13 heavy (non-hydrogen) atoms. The number of anilines is 1. The molecule has 1 saturated carbocycles. The summed E-state index contributed by atoms with van der Waals surface area (Å²) in [6.07, 6.45) is 2.36. The lowest BCUT2D eigenvalue weighted by atomic mass is 9.89. The molecule has 0 radical (unpaired) electrons. The van der Waals surface area contributed by atoms with Gasteiger partial charge in [-0.05, 0) is 12.8 Å². The quantitative estimate of drug-likeness (QED) is 0.657. The predicted octanol–water partition coefficient (Wildman–Crippen LogP) is 0.551. The van der Waals surface area contributed by atoms with E-state index < -0.39 is 5.95 Å². The Kier molecular flexibility index (Phi) is 2.10. The van der Waals surface area contributed by atoms with Gasteiger partial charge in [0.15, 0.2) is 0 Å². The fourth-order valence-corrected chi connectivity index (χ4v) is 1.33. The van der Waals surface area contributed by atoms with Crippen molar-refractivity contribution in [2.45, 2.75) is 25.0 Å². The predicted molar refractivity (Wildman–Crippen MR) is 44.6 cm³/mol. The maximum Gasteiger partial charge on any atom is 0.217 e. The monoisotopic (exact) mass is 183 g/mol. The number of halogens is 1. The van der Waals surface area contributed by atoms with E-state index in [2.05, 4.69) is 15.3 Å². The molecule has 0 amide bonds. The first-order valence-electron chi connectivity index (χ1n) is 4.16. The van der Waals surface area contributed by atoms with E-state index in [-0.39, 0.29) is 12.1 Å². The highest BCUT2D eigenvalue weighted by Crippen LogP contribution is 2.22. The third-order valence-corrected chi connectivity index (χ3v) is 2.10. The van der Waals surface area contributed by atoms with Crippen LogP contribution in [-0.2, 0) is 0 Å². The molecule has 4 nitrogen and oxygen atoms in total. The van der Waals surface area contributed by atoms with Crippen molar-refractivity contribution in [3.63, 3.8) is 0 Å². The molecule has 1 aromatic heterocycles. The first-order chi connectivity index (χ1) is 6.24. The molecule has 5 heteroatoms. The van der Waals surface area contributed by atoms with Gasteiger partial charge < -0.3 is 10.4 Å². The minimum atomic E-state index is -0.544. The van der Waals surface area contributed by atoms with Crippen molar-refractivity contribution in [3.8, 4) is 0 Å². The Morgan fingerprint density at radius 1 is 1.46 bits per heavy atom. The van der Waals surface area contributed by atoms with Gasteiger partial charge in [0, 0.05) is 12.1 Å². The molecular weight excluding hydrogens is 173 g/mol. The molecule has 0 spiro atoms. The van der Waals surface area contributed by atoms with Gasteiger partial charge in [0.2, 0.25) is 5.95 Å².